The number of aromatic nitrogens is 2. The molecular weight excluding hydrogens is 457 g/mol. The molecule has 3 aromatic rings. The predicted molar refractivity (Wildman–Crippen MR) is 118 cm³/mol. The summed E-state index contributed by atoms with van der Waals surface area (Å²) in [6, 6.07) is 11.3. The van der Waals surface area contributed by atoms with Crippen molar-refractivity contribution >= 4 is 23.1 Å². The van der Waals surface area contributed by atoms with Crippen LogP contribution >= 0.6 is 0 Å². The zero-order valence-corrected chi connectivity index (χ0v) is 18.1. The summed E-state index contributed by atoms with van der Waals surface area (Å²) < 4.78 is 65.2. The van der Waals surface area contributed by atoms with Gasteiger partial charge in [-0.05, 0) is 56.0 Å². The van der Waals surface area contributed by atoms with Crippen LogP contribution in [0.5, 0.6) is 0 Å². The Balaban J connectivity index is 1.32. The summed E-state index contributed by atoms with van der Waals surface area (Å²) in [6.45, 7) is -0.494. The van der Waals surface area contributed by atoms with E-state index in [1.807, 2.05) is 0 Å². The van der Waals surface area contributed by atoms with E-state index in [0.29, 0.717) is 29.9 Å². The predicted octanol–water partition coefficient (Wildman–Crippen LogP) is 5.18. The van der Waals surface area contributed by atoms with Crippen molar-refractivity contribution < 1.29 is 26.7 Å². The van der Waals surface area contributed by atoms with Gasteiger partial charge in [0.05, 0.1) is 6.54 Å². The minimum absolute atomic E-state index is 0.0392. The molecule has 0 bridgehead atoms. The number of nitrogens with zero attached hydrogens (tertiary/aromatic N) is 2. The number of fused-ring (bicyclic) bond motifs is 1. The third kappa shape index (κ3) is 5.75. The Morgan fingerprint density at radius 1 is 1.06 bits per heavy atom. The number of benzene rings is 1. The molecule has 0 unspecified atom stereocenters. The normalized spacial score (nSPS) is 18.8. The van der Waals surface area contributed by atoms with Crippen molar-refractivity contribution in [3.63, 3.8) is 0 Å². The number of pyridine rings is 1. The number of rotatable bonds is 7. The average molecular weight is 481 g/mol. The van der Waals surface area contributed by atoms with E-state index in [2.05, 4.69) is 20.9 Å². The fraction of sp³-hybridized carbons (Fsp3) is 0.391. The van der Waals surface area contributed by atoms with E-state index in [-0.39, 0.29) is 23.6 Å². The summed E-state index contributed by atoms with van der Waals surface area (Å²) in [7, 11) is 0. The van der Waals surface area contributed by atoms with Gasteiger partial charge in [0.25, 0.3) is 12.3 Å². The zero-order chi connectivity index (χ0) is 24.3. The fourth-order valence-electron chi connectivity index (χ4n) is 4.09. The van der Waals surface area contributed by atoms with Gasteiger partial charge in [-0.1, -0.05) is 12.1 Å². The molecule has 4 rings (SSSR count). The van der Waals surface area contributed by atoms with E-state index in [4.69, 9.17) is 0 Å². The maximum absolute atomic E-state index is 13.0. The van der Waals surface area contributed by atoms with Gasteiger partial charge >= 0.3 is 6.18 Å². The molecule has 3 N–H and O–H groups in total. The molecule has 2 aromatic heterocycles. The second-order valence-corrected chi connectivity index (χ2v) is 8.28. The molecule has 1 aliphatic rings. The van der Waals surface area contributed by atoms with E-state index in [0.717, 1.165) is 19.0 Å². The van der Waals surface area contributed by atoms with Crippen LogP contribution in [-0.4, -0.2) is 40.3 Å². The molecule has 1 aliphatic carbocycles. The van der Waals surface area contributed by atoms with Crippen LogP contribution in [0.15, 0.2) is 48.7 Å². The van der Waals surface area contributed by atoms with Gasteiger partial charge < -0.3 is 16.0 Å². The topological polar surface area (TPSA) is 70.5 Å². The van der Waals surface area contributed by atoms with Gasteiger partial charge in [0.15, 0.2) is 5.69 Å². The third-order valence-electron chi connectivity index (χ3n) is 5.78. The summed E-state index contributed by atoms with van der Waals surface area (Å²) in [4.78, 5) is 16.2. The maximum atomic E-state index is 13.0. The van der Waals surface area contributed by atoms with Gasteiger partial charge in [0.2, 0.25) is 0 Å². The average Bonchev–Trinajstić information content (AvgIpc) is 3.25. The molecule has 0 spiro atoms. The van der Waals surface area contributed by atoms with E-state index in [9.17, 15) is 26.7 Å². The van der Waals surface area contributed by atoms with E-state index in [1.54, 1.807) is 30.3 Å². The number of alkyl halides is 5. The van der Waals surface area contributed by atoms with E-state index in [1.165, 1.54) is 16.5 Å². The van der Waals surface area contributed by atoms with Crippen molar-refractivity contribution in [1.29, 1.82) is 0 Å². The second-order valence-electron chi connectivity index (χ2n) is 8.28. The lowest BCUT2D eigenvalue weighted by molar-refractivity contribution is -0.140. The molecule has 1 aromatic carbocycles. The first-order valence-corrected chi connectivity index (χ1v) is 10.9. The molecule has 0 saturated heterocycles. The number of halogens is 5. The van der Waals surface area contributed by atoms with Crippen LogP contribution in [-0.2, 0) is 6.18 Å². The monoisotopic (exact) mass is 481 g/mol. The van der Waals surface area contributed by atoms with Crippen LogP contribution in [0.4, 0.5) is 33.5 Å². The van der Waals surface area contributed by atoms with Gasteiger partial charge in [-0.2, -0.15) is 13.2 Å². The number of hydrogen-bond acceptors (Lipinski definition) is 4. The highest BCUT2D eigenvalue weighted by Gasteiger charge is 2.34. The lowest BCUT2D eigenvalue weighted by Gasteiger charge is -2.30. The quantitative estimate of drug-likeness (QED) is 0.407. The van der Waals surface area contributed by atoms with Crippen molar-refractivity contribution in [2.45, 2.75) is 50.4 Å². The molecule has 0 aliphatic heterocycles. The number of carbonyl (C=O) groups is 1. The molecule has 182 valence electrons. The van der Waals surface area contributed by atoms with Gasteiger partial charge in [-0.15, -0.1) is 0 Å². The van der Waals surface area contributed by atoms with Crippen molar-refractivity contribution in [3.05, 3.63) is 59.9 Å². The van der Waals surface area contributed by atoms with Crippen molar-refractivity contribution in [2.24, 2.45) is 0 Å². The summed E-state index contributed by atoms with van der Waals surface area (Å²) in [5.74, 6) is 0.251. The number of amides is 1. The Labute approximate surface area is 192 Å². The van der Waals surface area contributed by atoms with Crippen molar-refractivity contribution in [3.8, 4) is 0 Å². The molecule has 2 heterocycles. The molecule has 6 nitrogen and oxygen atoms in total. The smallest absolute Gasteiger partial charge is 0.379 e. The summed E-state index contributed by atoms with van der Waals surface area (Å²) in [5, 5.41) is 8.86. The highest BCUT2D eigenvalue weighted by molar-refractivity contribution is 5.95. The molecule has 0 radical (unpaired) electrons. The Bertz CT molecular complexity index is 1140. The summed E-state index contributed by atoms with van der Waals surface area (Å²) in [5.41, 5.74) is 0.0974. The van der Waals surface area contributed by atoms with Gasteiger partial charge in [0.1, 0.15) is 11.5 Å². The Hall–Kier alpha value is -3.37. The molecule has 0 atom stereocenters. The van der Waals surface area contributed by atoms with Crippen LogP contribution in [0.3, 0.4) is 0 Å². The molecule has 1 fully saturated rings. The maximum Gasteiger partial charge on any atom is 0.434 e. The minimum atomic E-state index is -4.52. The van der Waals surface area contributed by atoms with Crippen LogP contribution < -0.4 is 16.0 Å². The van der Waals surface area contributed by atoms with Crippen LogP contribution in [0, 0.1) is 0 Å². The van der Waals surface area contributed by atoms with Crippen LogP contribution in [0.25, 0.3) is 5.65 Å². The number of imidazole rings is 1. The zero-order valence-electron chi connectivity index (χ0n) is 18.1. The first kappa shape index (κ1) is 23.8. The number of anilines is 2. The van der Waals surface area contributed by atoms with Gasteiger partial charge in [-0.3, -0.25) is 9.20 Å². The minimum Gasteiger partial charge on any atom is -0.379 e. The molecular formula is C23H24F5N5O. The highest BCUT2D eigenvalue weighted by Crippen LogP contribution is 2.30. The standard InChI is InChI=1S/C23H24F5N5O/c24-19(25)12-29-17-4-1-3-14(11-17)22(34)31-16-9-7-15(8-10-16)30-20-5-2-6-21-32-18(13-33(20)21)23(26,27)28/h1-6,11,13,15-16,19,29-30H,7-10,12H2,(H,31,34). The third-order valence-corrected chi connectivity index (χ3v) is 5.78. The first-order chi connectivity index (χ1) is 16.2. The van der Waals surface area contributed by atoms with Gasteiger partial charge in [0, 0.05) is 29.5 Å². The molecule has 1 amide bonds. The number of nitrogens with one attached hydrogen (secondary N) is 3. The Morgan fingerprint density at radius 3 is 2.47 bits per heavy atom. The molecule has 1 saturated carbocycles. The van der Waals surface area contributed by atoms with Crippen molar-refractivity contribution in [2.75, 3.05) is 17.2 Å². The largest absolute Gasteiger partial charge is 0.434 e. The SMILES string of the molecule is O=C(NC1CCC(Nc2cccc3nc(C(F)(F)F)cn23)CC1)c1cccc(NCC(F)F)c1. The van der Waals surface area contributed by atoms with E-state index >= 15 is 0 Å². The second kappa shape index (κ2) is 9.86. The summed E-state index contributed by atoms with van der Waals surface area (Å²) >= 11 is 0. The number of carbonyl (C=O) groups excluding carboxylic acids is 1. The van der Waals surface area contributed by atoms with E-state index < -0.39 is 24.8 Å². The summed E-state index contributed by atoms with van der Waals surface area (Å²) in [6.07, 6.45) is -3.20. The molecule has 34 heavy (non-hydrogen) atoms. The Morgan fingerprint density at radius 2 is 1.76 bits per heavy atom. The van der Waals surface area contributed by atoms with Crippen LogP contribution in [0.1, 0.15) is 41.7 Å². The highest BCUT2D eigenvalue weighted by atomic mass is 19.4. The molecule has 11 heteroatoms. The first-order valence-electron chi connectivity index (χ1n) is 10.9. The van der Waals surface area contributed by atoms with Gasteiger partial charge in [-0.25, -0.2) is 13.8 Å². The Kier molecular flexibility index (Phi) is 6.90. The van der Waals surface area contributed by atoms with Crippen LogP contribution in [0.2, 0.25) is 0 Å². The lowest BCUT2D eigenvalue weighted by atomic mass is 9.91. The van der Waals surface area contributed by atoms with Crippen molar-refractivity contribution in [1.82, 2.24) is 14.7 Å². The number of hydrogen-bond donors (Lipinski definition) is 3. The fourth-order valence-corrected chi connectivity index (χ4v) is 4.09. The lowest BCUT2D eigenvalue weighted by Crippen LogP contribution is -2.40.